The number of aromatic nitrogens is 1. The lowest BCUT2D eigenvalue weighted by Gasteiger charge is -2.29. The minimum atomic E-state index is -1.16. The third-order valence-electron chi connectivity index (χ3n) is 5.64. The fraction of sp³-hybridized carbons (Fsp3) is 0.250. The quantitative estimate of drug-likeness (QED) is 0.699. The number of likely N-dealkylation sites (N-methyl/N-ethyl adjacent to an activating group) is 1. The first kappa shape index (κ1) is 19.9. The third kappa shape index (κ3) is 3.50. The van der Waals surface area contributed by atoms with E-state index in [4.69, 9.17) is 14.5 Å². The molecule has 2 heterocycles. The maximum Gasteiger partial charge on any atom is 0.129 e. The number of benzene rings is 2. The SMILES string of the molecule is CC[NH+]1C/C(=C\c2ccc(OC)cc2OC)c2nc3ccccc3c(C(=O)[O-])c2C1. The second-order valence-electron chi connectivity index (χ2n) is 7.35. The molecule has 1 aliphatic rings. The van der Waals surface area contributed by atoms with Crippen LogP contribution in [0, 0.1) is 0 Å². The summed E-state index contributed by atoms with van der Waals surface area (Å²) < 4.78 is 10.8. The van der Waals surface area contributed by atoms with Gasteiger partial charge in [0.25, 0.3) is 0 Å². The van der Waals surface area contributed by atoms with Gasteiger partial charge >= 0.3 is 0 Å². The van der Waals surface area contributed by atoms with Crippen LogP contribution in [0.25, 0.3) is 22.6 Å². The number of carbonyl (C=O) groups is 1. The number of pyridine rings is 1. The molecule has 2 aromatic carbocycles. The molecule has 1 aromatic heterocycles. The number of carbonyl (C=O) groups excluding carboxylic acids is 1. The Hall–Kier alpha value is -3.38. The van der Waals surface area contributed by atoms with Gasteiger partial charge < -0.3 is 24.3 Å². The fourth-order valence-corrected chi connectivity index (χ4v) is 4.08. The topological polar surface area (TPSA) is 75.9 Å². The molecule has 0 radical (unpaired) electrons. The van der Waals surface area contributed by atoms with Gasteiger partial charge in [0.1, 0.15) is 24.6 Å². The van der Waals surface area contributed by atoms with Gasteiger partial charge in [-0.1, -0.05) is 18.2 Å². The van der Waals surface area contributed by atoms with E-state index < -0.39 is 5.97 Å². The van der Waals surface area contributed by atoms with E-state index in [1.165, 1.54) is 4.90 Å². The Morgan fingerprint density at radius 1 is 1.17 bits per heavy atom. The van der Waals surface area contributed by atoms with E-state index in [1.54, 1.807) is 20.3 Å². The van der Waals surface area contributed by atoms with Gasteiger partial charge in [0, 0.05) is 33.7 Å². The summed E-state index contributed by atoms with van der Waals surface area (Å²) in [5, 5.41) is 12.7. The molecule has 1 aliphatic heterocycles. The van der Waals surface area contributed by atoms with Crippen molar-refractivity contribution in [2.24, 2.45) is 0 Å². The van der Waals surface area contributed by atoms with Gasteiger partial charge in [-0.3, -0.25) is 0 Å². The Kier molecular flexibility index (Phi) is 5.42. The highest BCUT2D eigenvalue weighted by Crippen LogP contribution is 2.32. The predicted molar refractivity (Wildman–Crippen MR) is 114 cm³/mol. The zero-order chi connectivity index (χ0) is 21.3. The molecule has 1 N–H and O–H groups in total. The van der Waals surface area contributed by atoms with Gasteiger partial charge in [0.2, 0.25) is 0 Å². The normalized spacial score (nSPS) is 17.0. The van der Waals surface area contributed by atoms with Gasteiger partial charge in [-0.05, 0) is 31.2 Å². The molecule has 0 spiro atoms. The van der Waals surface area contributed by atoms with E-state index in [0.717, 1.165) is 35.5 Å². The lowest BCUT2D eigenvalue weighted by Crippen LogP contribution is -3.11. The number of aromatic carboxylic acids is 1. The number of carboxylic acid groups (broad SMARTS) is 1. The van der Waals surface area contributed by atoms with Crippen LogP contribution in [-0.4, -0.2) is 38.3 Å². The second-order valence-corrected chi connectivity index (χ2v) is 7.35. The smallest absolute Gasteiger partial charge is 0.129 e. The van der Waals surface area contributed by atoms with Gasteiger partial charge in [-0.2, -0.15) is 0 Å². The monoisotopic (exact) mass is 404 g/mol. The van der Waals surface area contributed by atoms with E-state index in [1.807, 2.05) is 42.5 Å². The van der Waals surface area contributed by atoms with Crippen molar-refractivity contribution in [2.75, 3.05) is 27.3 Å². The van der Waals surface area contributed by atoms with Crippen LogP contribution in [0.15, 0.2) is 42.5 Å². The number of fused-ring (bicyclic) bond motifs is 2. The molecule has 154 valence electrons. The van der Waals surface area contributed by atoms with E-state index >= 15 is 0 Å². The molecular formula is C24H24N2O4. The standard InChI is InChI=1S/C24H24N2O4/c1-4-26-13-16(11-15-9-10-17(29-2)12-21(15)30-3)23-19(14-26)22(24(27)28)18-7-5-6-8-20(18)25-23/h5-12H,4,13-14H2,1-3H3,(H,27,28)/b16-11+. The highest BCUT2D eigenvalue weighted by atomic mass is 16.5. The number of quaternary nitrogens is 1. The first-order valence-corrected chi connectivity index (χ1v) is 9.95. The third-order valence-corrected chi connectivity index (χ3v) is 5.64. The van der Waals surface area contributed by atoms with Crippen molar-refractivity contribution in [3.05, 3.63) is 64.8 Å². The summed E-state index contributed by atoms with van der Waals surface area (Å²) in [6.45, 7) is 4.31. The van der Waals surface area contributed by atoms with Crippen molar-refractivity contribution in [3.8, 4) is 11.5 Å². The average molecular weight is 404 g/mol. The summed E-state index contributed by atoms with van der Waals surface area (Å²) in [6, 6.07) is 13.0. The fourth-order valence-electron chi connectivity index (χ4n) is 4.08. The van der Waals surface area contributed by atoms with E-state index in [0.29, 0.717) is 28.9 Å². The molecule has 6 nitrogen and oxygen atoms in total. The number of ether oxygens (including phenoxy) is 2. The summed E-state index contributed by atoms with van der Waals surface area (Å²) >= 11 is 0. The van der Waals surface area contributed by atoms with Gasteiger partial charge in [0.15, 0.2) is 0 Å². The van der Waals surface area contributed by atoms with Crippen LogP contribution in [0.4, 0.5) is 0 Å². The molecular weight excluding hydrogens is 380 g/mol. The van der Waals surface area contributed by atoms with Crippen molar-refractivity contribution < 1.29 is 24.3 Å². The van der Waals surface area contributed by atoms with Crippen LogP contribution < -0.4 is 19.5 Å². The highest BCUT2D eigenvalue weighted by molar-refractivity contribution is 6.05. The summed E-state index contributed by atoms with van der Waals surface area (Å²) in [5.74, 6) is 0.235. The minimum Gasteiger partial charge on any atom is -0.545 e. The molecule has 6 heteroatoms. The summed E-state index contributed by atoms with van der Waals surface area (Å²) in [5.41, 5.74) is 4.22. The largest absolute Gasteiger partial charge is 0.545 e. The minimum absolute atomic E-state index is 0.244. The zero-order valence-electron chi connectivity index (χ0n) is 17.3. The first-order chi connectivity index (χ1) is 14.5. The van der Waals surface area contributed by atoms with Crippen molar-refractivity contribution in [1.82, 2.24) is 4.98 Å². The second kappa shape index (κ2) is 8.16. The average Bonchev–Trinajstić information content (AvgIpc) is 2.77. The van der Waals surface area contributed by atoms with Crippen molar-refractivity contribution in [3.63, 3.8) is 0 Å². The first-order valence-electron chi connectivity index (χ1n) is 9.95. The maximum absolute atomic E-state index is 12.1. The highest BCUT2D eigenvalue weighted by Gasteiger charge is 2.28. The number of methoxy groups -OCH3 is 2. The number of hydrogen-bond acceptors (Lipinski definition) is 5. The molecule has 0 amide bonds. The molecule has 0 aliphatic carbocycles. The molecule has 0 saturated heterocycles. The van der Waals surface area contributed by atoms with Gasteiger partial charge in [0.05, 0.1) is 37.9 Å². The number of nitrogens with one attached hydrogen (secondary N) is 1. The van der Waals surface area contributed by atoms with Crippen LogP contribution in [0.5, 0.6) is 11.5 Å². The van der Waals surface area contributed by atoms with Crippen molar-refractivity contribution in [1.29, 1.82) is 0 Å². The van der Waals surface area contributed by atoms with Crippen LogP contribution >= 0.6 is 0 Å². The summed E-state index contributed by atoms with van der Waals surface area (Å²) in [6.07, 6.45) is 2.03. The number of nitrogens with zero attached hydrogens (tertiary/aromatic N) is 1. The van der Waals surface area contributed by atoms with E-state index in [2.05, 4.69) is 6.92 Å². The number of para-hydroxylation sites is 1. The Morgan fingerprint density at radius 3 is 2.67 bits per heavy atom. The number of carboxylic acids is 1. The molecule has 1 atom stereocenters. The Balaban J connectivity index is 1.96. The molecule has 0 saturated carbocycles. The Bertz CT molecular complexity index is 1150. The lowest BCUT2D eigenvalue weighted by molar-refractivity contribution is -0.905. The van der Waals surface area contributed by atoms with Crippen LogP contribution in [0.1, 0.15) is 34.1 Å². The molecule has 30 heavy (non-hydrogen) atoms. The van der Waals surface area contributed by atoms with E-state index in [9.17, 15) is 9.90 Å². The lowest BCUT2D eigenvalue weighted by atomic mass is 9.92. The van der Waals surface area contributed by atoms with Crippen molar-refractivity contribution in [2.45, 2.75) is 13.5 Å². The van der Waals surface area contributed by atoms with Crippen LogP contribution in [0.3, 0.4) is 0 Å². The maximum atomic E-state index is 12.1. The Morgan fingerprint density at radius 2 is 1.97 bits per heavy atom. The Labute approximate surface area is 175 Å². The number of rotatable bonds is 5. The molecule has 0 fully saturated rings. The summed E-state index contributed by atoms with van der Waals surface area (Å²) in [7, 11) is 3.23. The molecule has 0 bridgehead atoms. The molecule has 3 aromatic rings. The summed E-state index contributed by atoms with van der Waals surface area (Å²) in [4.78, 5) is 18.2. The van der Waals surface area contributed by atoms with Crippen LogP contribution in [0.2, 0.25) is 0 Å². The van der Waals surface area contributed by atoms with Crippen molar-refractivity contribution >= 4 is 28.5 Å². The van der Waals surface area contributed by atoms with Gasteiger partial charge in [-0.25, -0.2) is 4.98 Å². The van der Waals surface area contributed by atoms with Gasteiger partial charge in [-0.15, -0.1) is 0 Å². The predicted octanol–water partition coefficient (Wildman–Crippen LogP) is 1.57. The number of hydrogen-bond donors (Lipinski definition) is 1. The molecule has 4 rings (SSSR count). The zero-order valence-corrected chi connectivity index (χ0v) is 17.3. The van der Waals surface area contributed by atoms with Crippen LogP contribution in [-0.2, 0) is 6.54 Å². The van der Waals surface area contributed by atoms with E-state index in [-0.39, 0.29) is 5.56 Å². The molecule has 1 unspecified atom stereocenters.